The Morgan fingerprint density at radius 1 is 1.35 bits per heavy atom. The lowest BCUT2D eigenvalue weighted by Gasteiger charge is -2.20. The van der Waals surface area contributed by atoms with Gasteiger partial charge >= 0.3 is 5.97 Å². The van der Waals surface area contributed by atoms with Gasteiger partial charge in [0.25, 0.3) is 0 Å². The minimum absolute atomic E-state index is 0.153. The van der Waals surface area contributed by atoms with Crippen molar-refractivity contribution in [3.8, 4) is 0 Å². The molecule has 0 aromatic carbocycles. The first kappa shape index (κ1) is 15.9. The normalized spacial score (nSPS) is 13.2. The van der Waals surface area contributed by atoms with Gasteiger partial charge in [0.05, 0.1) is 5.60 Å². The molecule has 0 aromatic rings. The average molecular weight is 247 g/mol. The van der Waals surface area contributed by atoms with Gasteiger partial charge in [-0.15, -0.1) is 0 Å². The Labute approximate surface area is 101 Å². The van der Waals surface area contributed by atoms with E-state index in [0.717, 1.165) is 0 Å². The molecule has 1 unspecified atom stereocenters. The number of aliphatic carboxylic acids is 1. The lowest BCUT2D eigenvalue weighted by atomic mass is 10.2. The molecule has 100 valence electrons. The molecule has 0 aliphatic rings. The number of carbonyl (C=O) groups excluding carboxylic acids is 1. The van der Waals surface area contributed by atoms with Crippen LogP contribution >= 0.6 is 0 Å². The zero-order chi connectivity index (χ0) is 13.5. The molecule has 6 heteroatoms. The Balaban J connectivity index is 4.08. The monoisotopic (exact) mass is 247 g/mol. The van der Waals surface area contributed by atoms with Gasteiger partial charge in [-0.2, -0.15) is 0 Å². The standard InChI is InChI=1S/C11H21NO5/c1-11(2,3)17-7-9(13)12-8(10(14)15)5-6-16-4/h8H,5-7H2,1-4H3,(H,12,13)(H,14,15). The van der Waals surface area contributed by atoms with Crippen LogP contribution in [0.1, 0.15) is 27.2 Å². The summed E-state index contributed by atoms with van der Waals surface area (Å²) < 4.78 is 10.0. The molecule has 0 bridgehead atoms. The summed E-state index contributed by atoms with van der Waals surface area (Å²) in [7, 11) is 1.48. The Bertz CT molecular complexity index is 259. The van der Waals surface area contributed by atoms with Gasteiger partial charge in [0.1, 0.15) is 12.6 Å². The third-order valence-corrected chi connectivity index (χ3v) is 1.88. The van der Waals surface area contributed by atoms with E-state index >= 15 is 0 Å². The number of carbonyl (C=O) groups is 2. The highest BCUT2D eigenvalue weighted by Crippen LogP contribution is 2.05. The first-order valence-electron chi connectivity index (χ1n) is 5.41. The van der Waals surface area contributed by atoms with Crippen LogP contribution in [-0.2, 0) is 19.1 Å². The molecule has 0 saturated heterocycles. The van der Waals surface area contributed by atoms with Crippen LogP contribution in [0.15, 0.2) is 0 Å². The summed E-state index contributed by atoms with van der Waals surface area (Å²) in [5.41, 5.74) is -0.428. The van der Waals surface area contributed by atoms with Gasteiger partial charge in [-0.1, -0.05) is 0 Å². The van der Waals surface area contributed by atoms with E-state index in [1.807, 2.05) is 20.8 Å². The van der Waals surface area contributed by atoms with E-state index in [2.05, 4.69) is 5.32 Å². The number of rotatable bonds is 7. The first-order valence-corrected chi connectivity index (χ1v) is 5.41. The minimum Gasteiger partial charge on any atom is -0.480 e. The number of carboxylic acids is 1. The topological polar surface area (TPSA) is 84.9 Å². The van der Waals surface area contributed by atoms with Crippen molar-refractivity contribution in [2.45, 2.75) is 38.8 Å². The van der Waals surface area contributed by atoms with Crippen LogP contribution in [0.25, 0.3) is 0 Å². The fraction of sp³-hybridized carbons (Fsp3) is 0.818. The summed E-state index contributed by atoms with van der Waals surface area (Å²) in [5, 5.41) is 11.2. The molecule has 0 spiro atoms. The van der Waals surface area contributed by atoms with Crippen molar-refractivity contribution >= 4 is 11.9 Å². The van der Waals surface area contributed by atoms with Crippen LogP contribution in [-0.4, -0.2) is 48.9 Å². The molecular weight excluding hydrogens is 226 g/mol. The maximum Gasteiger partial charge on any atom is 0.326 e. The van der Waals surface area contributed by atoms with Crippen molar-refractivity contribution in [2.75, 3.05) is 20.3 Å². The van der Waals surface area contributed by atoms with Crippen LogP contribution in [0.2, 0.25) is 0 Å². The maximum absolute atomic E-state index is 11.4. The molecule has 17 heavy (non-hydrogen) atoms. The first-order chi connectivity index (χ1) is 7.76. The van der Waals surface area contributed by atoms with Crippen molar-refractivity contribution in [3.05, 3.63) is 0 Å². The molecular formula is C11H21NO5. The highest BCUT2D eigenvalue weighted by atomic mass is 16.5. The number of carboxylic acid groups (broad SMARTS) is 1. The number of methoxy groups -OCH3 is 1. The summed E-state index contributed by atoms with van der Waals surface area (Å²) in [4.78, 5) is 22.3. The van der Waals surface area contributed by atoms with Gasteiger partial charge < -0.3 is 19.9 Å². The number of nitrogens with one attached hydrogen (secondary N) is 1. The van der Waals surface area contributed by atoms with E-state index in [-0.39, 0.29) is 19.6 Å². The fourth-order valence-corrected chi connectivity index (χ4v) is 1.01. The molecule has 0 saturated carbocycles. The summed E-state index contributed by atoms with van der Waals surface area (Å²) in [5.74, 6) is -1.52. The van der Waals surface area contributed by atoms with E-state index in [0.29, 0.717) is 0 Å². The molecule has 0 fully saturated rings. The van der Waals surface area contributed by atoms with E-state index in [1.54, 1.807) is 0 Å². The summed E-state index contributed by atoms with van der Waals surface area (Å²) in [6, 6.07) is -0.939. The molecule has 2 N–H and O–H groups in total. The lowest BCUT2D eigenvalue weighted by molar-refractivity contribution is -0.144. The van der Waals surface area contributed by atoms with Crippen LogP contribution in [0.4, 0.5) is 0 Å². The number of ether oxygens (including phenoxy) is 2. The zero-order valence-corrected chi connectivity index (χ0v) is 10.8. The predicted octanol–water partition coefficient (Wildman–Crippen LogP) is 0.407. The van der Waals surface area contributed by atoms with Gasteiger partial charge in [0.15, 0.2) is 0 Å². The molecule has 1 atom stereocenters. The van der Waals surface area contributed by atoms with Gasteiger partial charge in [0.2, 0.25) is 5.91 Å². The molecule has 6 nitrogen and oxygen atoms in total. The van der Waals surface area contributed by atoms with Gasteiger partial charge in [-0.25, -0.2) is 4.79 Å². The second kappa shape index (κ2) is 7.24. The second-order valence-corrected chi connectivity index (χ2v) is 4.64. The Morgan fingerprint density at radius 3 is 2.35 bits per heavy atom. The predicted molar refractivity (Wildman–Crippen MR) is 61.8 cm³/mol. The van der Waals surface area contributed by atoms with E-state index in [1.165, 1.54) is 7.11 Å². The summed E-state index contributed by atoms with van der Waals surface area (Å²) >= 11 is 0. The Hall–Kier alpha value is -1.14. The highest BCUT2D eigenvalue weighted by molar-refractivity contribution is 5.84. The van der Waals surface area contributed by atoms with E-state index < -0.39 is 23.5 Å². The van der Waals surface area contributed by atoms with Crippen molar-refractivity contribution in [3.63, 3.8) is 0 Å². The molecule has 0 aliphatic carbocycles. The van der Waals surface area contributed by atoms with E-state index in [9.17, 15) is 9.59 Å². The van der Waals surface area contributed by atoms with Crippen molar-refractivity contribution in [2.24, 2.45) is 0 Å². The maximum atomic E-state index is 11.4. The molecule has 1 amide bonds. The SMILES string of the molecule is COCCC(NC(=O)COC(C)(C)C)C(=O)O. The number of hydrogen-bond acceptors (Lipinski definition) is 4. The van der Waals surface area contributed by atoms with Crippen LogP contribution in [0.3, 0.4) is 0 Å². The molecule has 0 radical (unpaired) electrons. The Morgan fingerprint density at radius 2 is 1.94 bits per heavy atom. The van der Waals surface area contributed by atoms with Gasteiger partial charge in [-0.05, 0) is 20.8 Å². The largest absolute Gasteiger partial charge is 0.480 e. The van der Waals surface area contributed by atoms with Crippen molar-refractivity contribution in [1.82, 2.24) is 5.32 Å². The summed E-state index contributed by atoms with van der Waals surface area (Å²) in [6.07, 6.45) is 0.229. The van der Waals surface area contributed by atoms with Crippen LogP contribution < -0.4 is 5.32 Å². The fourth-order valence-electron chi connectivity index (χ4n) is 1.01. The van der Waals surface area contributed by atoms with Crippen LogP contribution in [0, 0.1) is 0 Å². The third kappa shape index (κ3) is 8.65. The smallest absolute Gasteiger partial charge is 0.326 e. The lowest BCUT2D eigenvalue weighted by Crippen LogP contribution is -2.44. The van der Waals surface area contributed by atoms with Gasteiger partial charge in [-0.3, -0.25) is 4.79 Å². The van der Waals surface area contributed by atoms with Gasteiger partial charge in [0, 0.05) is 20.1 Å². The molecule has 0 rings (SSSR count). The average Bonchev–Trinajstić information content (AvgIpc) is 2.19. The zero-order valence-electron chi connectivity index (χ0n) is 10.8. The molecule has 0 aromatic heterocycles. The second-order valence-electron chi connectivity index (χ2n) is 4.64. The summed E-state index contributed by atoms with van der Waals surface area (Å²) in [6.45, 7) is 5.58. The van der Waals surface area contributed by atoms with Crippen molar-refractivity contribution < 1.29 is 24.2 Å². The van der Waals surface area contributed by atoms with Crippen molar-refractivity contribution in [1.29, 1.82) is 0 Å². The highest BCUT2D eigenvalue weighted by Gasteiger charge is 2.20. The Kier molecular flexibility index (Phi) is 6.75. The third-order valence-electron chi connectivity index (χ3n) is 1.88. The van der Waals surface area contributed by atoms with Crippen LogP contribution in [0.5, 0.6) is 0 Å². The quantitative estimate of drug-likeness (QED) is 0.680. The molecule has 0 heterocycles. The number of amides is 1. The minimum atomic E-state index is -1.08. The van der Waals surface area contributed by atoms with E-state index in [4.69, 9.17) is 14.6 Å². The number of hydrogen-bond donors (Lipinski definition) is 2. The molecule has 0 aliphatic heterocycles.